The van der Waals surface area contributed by atoms with E-state index in [9.17, 15) is 10.1 Å². The van der Waals surface area contributed by atoms with Crippen molar-refractivity contribution >= 4 is 17.3 Å². The lowest BCUT2D eigenvalue weighted by Crippen LogP contribution is -2.17. The summed E-state index contributed by atoms with van der Waals surface area (Å²) in [6.45, 7) is 2.96. The first-order valence-electron chi connectivity index (χ1n) is 7.06. The number of nitro groups is 1. The summed E-state index contributed by atoms with van der Waals surface area (Å²) in [4.78, 5) is 18.0. The van der Waals surface area contributed by atoms with E-state index in [2.05, 4.69) is 22.2 Å². The molecule has 20 heavy (non-hydrogen) atoms. The molecule has 1 aliphatic carbocycles. The Morgan fingerprint density at radius 1 is 1.50 bits per heavy atom. The molecule has 0 spiro atoms. The van der Waals surface area contributed by atoms with Crippen molar-refractivity contribution in [2.24, 2.45) is 11.8 Å². The van der Waals surface area contributed by atoms with Crippen LogP contribution in [0.1, 0.15) is 39.0 Å². The van der Waals surface area contributed by atoms with Gasteiger partial charge in [0.1, 0.15) is 6.33 Å². The molecule has 2 atom stereocenters. The van der Waals surface area contributed by atoms with E-state index in [4.69, 9.17) is 5.73 Å². The van der Waals surface area contributed by atoms with Gasteiger partial charge in [0.2, 0.25) is 11.6 Å². The second-order valence-electron chi connectivity index (χ2n) is 5.57. The second-order valence-corrected chi connectivity index (χ2v) is 5.57. The van der Waals surface area contributed by atoms with Crippen LogP contribution >= 0.6 is 0 Å². The summed E-state index contributed by atoms with van der Waals surface area (Å²) >= 11 is 0. The van der Waals surface area contributed by atoms with Crippen LogP contribution in [0.25, 0.3) is 0 Å². The molecule has 0 aromatic carbocycles. The smallest absolute Gasteiger partial charge is 0.352 e. The van der Waals surface area contributed by atoms with Crippen LogP contribution in [-0.2, 0) is 0 Å². The Hall–Kier alpha value is -1.92. The van der Waals surface area contributed by atoms with Gasteiger partial charge in [0.05, 0.1) is 4.92 Å². The monoisotopic (exact) mass is 279 g/mol. The van der Waals surface area contributed by atoms with Gasteiger partial charge in [-0.05, 0) is 24.7 Å². The summed E-state index contributed by atoms with van der Waals surface area (Å²) in [6, 6.07) is 0. The SMILES string of the molecule is CC1CCCC(CCNc2ncnc(N)c2[N+](=O)[O-])C1. The molecule has 0 bridgehead atoms. The number of nitrogen functional groups attached to an aromatic ring is 1. The van der Waals surface area contributed by atoms with E-state index in [1.807, 2.05) is 0 Å². The fourth-order valence-electron chi connectivity index (χ4n) is 2.92. The van der Waals surface area contributed by atoms with Crippen LogP contribution in [0.4, 0.5) is 17.3 Å². The van der Waals surface area contributed by atoms with Crippen molar-refractivity contribution in [1.82, 2.24) is 9.97 Å². The molecule has 0 amide bonds. The summed E-state index contributed by atoms with van der Waals surface area (Å²) < 4.78 is 0. The third-order valence-corrected chi connectivity index (χ3v) is 3.92. The molecule has 1 aliphatic rings. The maximum Gasteiger partial charge on any atom is 0.352 e. The van der Waals surface area contributed by atoms with E-state index in [0.717, 1.165) is 12.3 Å². The molecule has 7 heteroatoms. The standard InChI is InChI=1S/C13H21N5O2/c1-9-3-2-4-10(7-9)5-6-15-13-11(18(19)20)12(14)16-8-17-13/h8-10H,2-7H2,1H3,(H3,14,15,16,17). The quantitative estimate of drug-likeness (QED) is 0.633. The van der Waals surface area contributed by atoms with Gasteiger partial charge in [-0.3, -0.25) is 10.1 Å². The highest BCUT2D eigenvalue weighted by Crippen LogP contribution is 2.31. The molecule has 0 radical (unpaired) electrons. The molecule has 110 valence electrons. The van der Waals surface area contributed by atoms with Gasteiger partial charge in [0, 0.05) is 6.54 Å². The Morgan fingerprint density at radius 3 is 3.00 bits per heavy atom. The zero-order valence-electron chi connectivity index (χ0n) is 11.7. The minimum atomic E-state index is -0.541. The number of nitrogens with zero attached hydrogens (tertiary/aromatic N) is 3. The lowest BCUT2D eigenvalue weighted by molar-refractivity contribution is -0.383. The van der Waals surface area contributed by atoms with Crippen molar-refractivity contribution in [3.05, 3.63) is 16.4 Å². The summed E-state index contributed by atoms with van der Waals surface area (Å²) in [7, 11) is 0. The Balaban J connectivity index is 1.91. The summed E-state index contributed by atoms with van der Waals surface area (Å²) in [5.41, 5.74) is 5.29. The van der Waals surface area contributed by atoms with Gasteiger partial charge in [-0.1, -0.05) is 26.2 Å². The predicted molar refractivity (Wildman–Crippen MR) is 77.3 cm³/mol. The Morgan fingerprint density at radius 2 is 2.30 bits per heavy atom. The molecule has 1 aromatic rings. The average Bonchev–Trinajstić information content (AvgIpc) is 2.38. The molecule has 2 unspecified atom stereocenters. The zero-order chi connectivity index (χ0) is 14.5. The Labute approximate surface area is 118 Å². The fourth-order valence-corrected chi connectivity index (χ4v) is 2.92. The predicted octanol–water partition coefficient (Wildman–Crippen LogP) is 2.60. The van der Waals surface area contributed by atoms with E-state index in [1.165, 1.54) is 32.0 Å². The van der Waals surface area contributed by atoms with Crippen LogP contribution in [0.15, 0.2) is 6.33 Å². The number of nitrogens with two attached hydrogens (primary N) is 1. The molecule has 1 saturated carbocycles. The minimum absolute atomic E-state index is 0.0983. The number of hydrogen-bond acceptors (Lipinski definition) is 6. The van der Waals surface area contributed by atoms with Gasteiger partial charge in [0.25, 0.3) is 0 Å². The molecule has 0 aliphatic heterocycles. The van der Waals surface area contributed by atoms with Crippen LogP contribution in [0.5, 0.6) is 0 Å². The number of anilines is 2. The number of hydrogen-bond donors (Lipinski definition) is 2. The lowest BCUT2D eigenvalue weighted by Gasteiger charge is -2.26. The first-order chi connectivity index (χ1) is 9.58. The van der Waals surface area contributed by atoms with E-state index >= 15 is 0 Å². The summed E-state index contributed by atoms with van der Waals surface area (Å²) in [5.74, 6) is 1.60. The average molecular weight is 279 g/mol. The maximum atomic E-state index is 11.0. The van der Waals surface area contributed by atoms with Gasteiger partial charge >= 0.3 is 5.69 Å². The molecular formula is C13H21N5O2. The van der Waals surface area contributed by atoms with E-state index in [-0.39, 0.29) is 17.3 Å². The molecule has 3 N–H and O–H groups in total. The summed E-state index contributed by atoms with van der Waals surface area (Å²) in [5, 5.41) is 14.0. The van der Waals surface area contributed by atoms with E-state index in [0.29, 0.717) is 12.5 Å². The molecular weight excluding hydrogens is 258 g/mol. The van der Waals surface area contributed by atoms with Gasteiger partial charge < -0.3 is 11.1 Å². The maximum absolute atomic E-state index is 11.0. The third-order valence-electron chi connectivity index (χ3n) is 3.92. The van der Waals surface area contributed by atoms with Crippen LogP contribution in [-0.4, -0.2) is 21.4 Å². The Bertz CT molecular complexity index is 480. The number of nitrogens with one attached hydrogen (secondary N) is 1. The van der Waals surface area contributed by atoms with Crippen molar-refractivity contribution in [2.75, 3.05) is 17.6 Å². The molecule has 1 heterocycles. The van der Waals surface area contributed by atoms with Crippen LogP contribution in [0, 0.1) is 22.0 Å². The highest BCUT2D eigenvalue weighted by molar-refractivity contribution is 5.67. The summed E-state index contributed by atoms with van der Waals surface area (Å²) in [6.07, 6.45) is 7.35. The minimum Gasteiger partial charge on any atom is -0.378 e. The van der Waals surface area contributed by atoms with Crippen molar-refractivity contribution in [2.45, 2.75) is 39.0 Å². The second kappa shape index (κ2) is 6.49. The van der Waals surface area contributed by atoms with Crippen molar-refractivity contribution in [3.8, 4) is 0 Å². The van der Waals surface area contributed by atoms with Gasteiger partial charge in [-0.25, -0.2) is 9.97 Å². The zero-order valence-corrected chi connectivity index (χ0v) is 11.7. The van der Waals surface area contributed by atoms with Gasteiger partial charge in [0.15, 0.2) is 0 Å². The van der Waals surface area contributed by atoms with Crippen LogP contribution < -0.4 is 11.1 Å². The first kappa shape index (κ1) is 14.5. The number of rotatable bonds is 5. The van der Waals surface area contributed by atoms with Gasteiger partial charge in [-0.2, -0.15) is 0 Å². The fraction of sp³-hybridized carbons (Fsp3) is 0.692. The molecule has 0 saturated heterocycles. The highest BCUT2D eigenvalue weighted by Gasteiger charge is 2.22. The number of aromatic nitrogens is 2. The van der Waals surface area contributed by atoms with Crippen LogP contribution in [0.2, 0.25) is 0 Å². The van der Waals surface area contributed by atoms with Crippen LogP contribution in [0.3, 0.4) is 0 Å². The highest BCUT2D eigenvalue weighted by atomic mass is 16.6. The lowest BCUT2D eigenvalue weighted by atomic mass is 9.81. The van der Waals surface area contributed by atoms with E-state index in [1.54, 1.807) is 0 Å². The van der Waals surface area contributed by atoms with Gasteiger partial charge in [-0.15, -0.1) is 0 Å². The molecule has 2 rings (SSSR count). The molecule has 7 nitrogen and oxygen atoms in total. The Kier molecular flexibility index (Phi) is 4.70. The first-order valence-corrected chi connectivity index (χ1v) is 7.06. The topological polar surface area (TPSA) is 107 Å². The molecule has 1 fully saturated rings. The van der Waals surface area contributed by atoms with E-state index < -0.39 is 4.92 Å². The van der Waals surface area contributed by atoms with Crippen molar-refractivity contribution in [3.63, 3.8) is 0 Å². The van der Waals surface area contributed by atoms with Crippen molar-refractivity contribution < 1.29 is 4.92 Å². The largest absolute Gasteiger partial charge is 0.378 e. The normalized spacial score (nSPS) is 22.4. The third kappa shape index (κ3) is 3.55. The molecule has 1 aromatic heterocycles. The van der Waals surface area contributed by atoms with Crippen molar-refractivity contribution in [1.29, 1.82) is 0 Å².